The van der Waals surface area contributed by atoms with Crippen LogP contribution >= 0.6 is 0 Å². The van der Waals surface area contributed by atoms with Crippen LogP contribution in [-0.2, 0) is 6.54 Å². The Morgan fingerprint density at radius 3 is 2.54 bits per heavy atom. The number of piperazine rings is 1. The molecule has 1 amide bonds. The molecule has 2 aromatic carbocycles. The van der Waals surface area contributed by atoms with Crippen LogP contribution in [0.1, 0.15) is 28.8 Å². The Hall–Kier alpha value is -2.37. The fourth-order valence-corrected chi connectivity index (χ4v) is 3.42. The summed E-state index contributed by atoms with van der Waals surface area (Å²) in [6.07, 6.45) is 2.54. The first-order valence-electron chi connectivity index (χ1n) is 10.2. The minimum atomic E-state index is -0.0921. The summed E-state index contributed by atoms with van der Waals surface area (Å²) in [6, 6.07) is 15.6. The molecule has 2 fully saturated rings. The molecule has 1 aliphatic heterocycles. The molecular formula is C23H29N3O2. The molecule has 2 aliphatic rings. The average molecular weight is 380 g/mol. The van der Waals surface area contributed by atoms with E-state index in [0.717, 1.165) is 56.7 Å². The summed E-state index contributed by atoms with van der Waals surface area (Å²) in [5, 5.41) is 3.02. The van der Waals surface area contributed by atoms with Crippen molar-refractivity contribution in [3.8, 4) is 5.75 Å². The van der Waals surface area contributed by atoms with Crippen LogP contribution in [0.15, 0.2) is 48.5 Å². The lowest BCUT2D eigenvalue weighted by molar-refractivity contribution is 0.102. The maximum atomic E-state index is 12.6. The van der Waals surface area contributed by atoms with Crippen molar-refractivity contribution in [2.75, 3.05) is 45.2 Å². The number of amides is 1. The van der Waals surface area contributed by atoms with E-state index in [0.29, 0.717) is 5.56 Å². The van der Waals surface area contributed by atoms with Crippen LogP contribution in [0, 0.1) is 5.92 Å². The summed E-state index contributed by atoms with van der Waals surface area (Å²) >= 11 is 0. The van der Waals surface area contributed by atoms with E-state index in [1.54, 1.807) is 0 Å². The molecular weight excluding hydrogens is 350 g/mol. The largest absolute Gasteiger partial charge is 0.493 e. The van der Waals surface area contributed by atoms with Gasteiger partial charge < -0.3 is 15.0 Å². The lowest BCUT2D eigenvalue weighted by Gasteiger charge is -2.32. The maximum absolute atomic E-state index is 12.6. The van der Waals surface area contributed by atoms with E-state index in [4.69, 9.17) is 4.74 Å². The smallest absolute Gasteiger partial charge is 0.255 e. The average Bonchev–Trinajstić information content (AvgIpc) is 3.53. The Balaban J connectivity index is 1.32. The van der Waals surface area contributed by atoms with E-state index in [1.807, 2.05) is 36.4 Å². The fourth-order valence-electron chi connectivity index (χ4n) is 3.42. The van der Waals surface area contributed by atoms with Gasteiger partial charge in [0, 0.05) is 44.0 Å². The predicted octanol–water partition coefficient (Wildman–Crippen LogP) is 3.48. The van der Waals surface area contributed by atoms with E-state index in [9.17, 15) is 4.79 Å². The van der Waals surface area contributed by atoms with Crippen molar-refractivity contribution in [2.45, 2.75) is 19.4 Å². The summed E-state index contributed by atoms with van der Waals surface area (Å²) < 4.78 is 5.74. The molecule has 28 heavy (non-hydrogen) atoms. The highest BCUT2D eigenvalue weighted by Gasteiger charge is 2.21. The monoisotopic (exact) mass is 379 g/mol. The number of hydrogen-bond acceptors (Lipinski definition) is 4. The number of hydrogen-bond donors (Lipinski definition) is 1. The second kappa shape index (κ2) is 8.76. The molecule has 148 valence electrons. The van der Waals surface area contributed by atoms with Gasteiger partial charge in [0.05, 0.1) is 6.61 Å². The summed E-state index contributed by atoms with van der Waals surface area (Å²) in [5.41, 5.74) is 2.71. The van der Waals surface area contributed by atoms with Gasteiger partial charge >= 0.3 is 0 Å². The first-order chi connectivity index (χ1) is 13.7. The van der Waals surface area contributed by atoms with Crippen molar-refractivity contribution in [3.05, 3.63) is 59.7 Å². The second-order valence-corrected chi connectivity index (χ2v) is 8.01. The number of rotatable bonds is 7. The van der Waals surface area contributed by atoms with Crippen LogP contribution in [0.25, 0.3) is 0 Å². The van der Waals surface area contributed by atoms with Crippen molar-refractivity contribution in [1.82, 2.24) is 9.80 Å². The predicted molar refractivity (Wildman–Crippen MR) is 112 cm³/mol. The highest BCUT2D eigenvalue weighted by molar-refractivity contribution is 6.04. The van der Waals surface area contributed by atoms with Gasteiger partial charge in [-0.2, -0.15) is 0 Å². The zero-order valence-corrected chi connectivity index (χ0v) is 16.6. The molecule has 1 heterocycles. The zero-order valence-electron chi connectivity index (χ0n) is 16.6. The van der Waals surface area contributed by atoms with Gasteiger partial charge in [-0.15, -0.1) is 0 Å². The highest BCUT2D eigenvalue weighted by atomic mass is 16.5. The quantitative estimate of drug-likeness (QED) is 0.800. The van der Waals surface area contributed by atoms with E-state index >= 15 is 0 Å². The molecule has 0 spiro atoms. The Bertz CT molecular complexity index is 794. The van der Waals surface area contributed by atoms with Crippen LogP contribution in [0.4, 0.5) is 5.69 Å². The number of nitrogens with one attached hydrogen (secondary N) is 1. The van der Waals surface area contributed by atoms with Gasteiger partial charge in [-0.3, -0.25) is 9.69 Å². The molecule has 5 nitrogen and oxygen atoms in total. The van der Waals surface area contributed by atoms with Crippen LogP contribution in [0.3, 0.4) is 0 Å². The molecule has 0 radical (unpaired) electrons. The van der Waals surface area contributed by atoms with Gasteiger partial charge in [0.1, 0.15) is 5.75 Å². The number of carbonyl (C=O) groups is 1. The molecule has 0 aromatic heterocycles. The van der Waals surface area contributed by atoms with E-state index in [-0.39, 0.29) is 5.91 Å². The second-order valence-electron chi connectivity index (χ2n) is 8.01. The SMILES string of the molecule is CN1CCN(Cc2cccc(NC(=O)c3ccc(OCC4CC4)cc3)c2)CC1. The third kappa shape index (κ3) is 5.33. The van der Waals surface area contributed by atoms with Gasteiger partial charge in [0.2, 0.25) is 0 Å². The minimum Gasteiger partial charge on any atom is -0.493 e. The summed E-state index contributed by atoms with van der Waals surface area (Å²) in [6.45, 7) is 6.09. The van der Waals surface area contributed by atoms with Gasteiger partial charge in [-0.1, -0.05) is 12.1 Å². The Kier molecular flexibility index (Phi) is 5.93. The third-order valence-electron chi connectivity index (χ3n) is 5.49. The Labute approximate surface area is 167 Å². The molecule has 4 rings (SSSR count). The summed E-state index contributed by atoms with van der Waals surface area (Å²) in [7, 11) is 2.17. The molecule has 5 heteroatoms. The maximum Gasteiger partial charge on any atom is 0.255 e. The van der Waals surface area contributed by atoms with Gasteiger partial charge in [-0.05, 0) is 67.8 Å². The van der Waals surface area contributed by atoms with Crippen molar-refractivity contribution >= 4 is 11.6 Å². The topological polar surface area (TPSA) is 44.8 Å². The van der Waals surface area contributed by atoms with Crippen LogP contribution < -0.4 is 10.1 Å². The molecule has 1 N–H and O–H groups in total. The number of benzene rings is 2. The lowest BCUT2D eigenvalue weighted by Crippen LogP contribution is -2.43. The standard InChI is InChI=1S/C23H29N3O2/c1-25-11-13-26(14-12-25)16-19-3-2-4-21(15-19)24-23(27)20-7-9-22(10-8-20)28-17-18-5-6-18/h2-4,7-10,15,18H,5-6,11-14,16-17H2,1H3,(H,24,27). The summed E-state index contributed by atoms with van der Waals surface area (Å²) in [5.74, 6) is 1.46. The first-order valence-corrected chi connectivity index (χ1v) is 10.2. The van der Waals surface area contributed by atoms with Gasteiger partial charge in [0.15, 0.2) is 0 Å². The fraction of sp³-hybridized carbons (Fsp3) is 0.435. The number of nitrogens with zero attached hydrogens (tertiary/aromatic N) is 2. The number of likely N-dealkylation sites (N-methyl/N-ethyl adjacent to an activating group) is 1. The number of ether oxygens (including phenoxy) is 1. The molecule has 1 aliphatic carbocycles. The van der Waals surface area contributed by atoms with Crippen LogP contribution in [-0.4, -0.2) is 55.5 Å². The Morgan fingerprint density at radius 1 is 1.07 bits per heavy atom. The Morgan fingerprint density at radius 2 is 1.82 bits per heavy atom. The number of anilines is 1. The van der Waals surface area contributed by atoms with E-state index in [1.165, 1.54) is 18.4 Å². The highest BCUT2D eigenvalue weighted by Crippen LogP contribution is 2.29. The summed E-state index contributed by atoms with van der Waals surface area (Å²) in [4.78, 5) is 17.4. The lowest BCUT2D eigenvalue weighted by atomic mass is 10.1. The molecule has 2 aromatic rings. The van der Waals surface area contributed by atoms with Crippen LogP contribution in [0.5, 0.6) is 5.75 Å². The minimum absolute atomic E-state index is 0.0921. The van der Waals surface area contributed by atoms with Crippen molar-refractivity contribution in [3.63, 3.8) is 0 Å². The zero-order chi connectivity index (χ0) is 19.3. The molecule has 1 saturated heterocycles. The number of carbonyl (C=O) groups excluding carboxylic acids is 1. The molecule has 0 unspecified atom stereocenters. The normalized spacial score (nSPS) is 18.0. The first kappa shape index (κ1) is 19.0. The van der Waals surface area contributed by atoms with Gasteiger partial charge in [-0.25, -0.2) is 0 Å². The molecule has 1 saturated carbocycles. The van der Waals surface area contributed by atoms with E-state index in [2.05, 4.69) is 34.3 Å². The molecule has 0 atom stereocenters. The third-order valence-corrected chi connectivity index (χ3v) is 5.49. The van der Waals surface area contributed by atoms with Crippen LogP contribution in [0.2, 0.25) is 0 Å². The molecule has 0 bridgehead atoms. The van der Waals surface area contributed by atoms with Crippen molar-refractivity contribution < 1.29 is 9.53 Å². The van der Waals surface area contributed by atoms with Crippen molar-refractivity contribution in [1.29, 1.82) is 0 Å². The van der Waals surface area contributed by atoms with Gasteiger partial charge in [0.25, 0.3) is 5.91 Å². The van der Waals surface area contributed by atoms with E-state index < -0.39 is 0 Å². The van der Waals surface area contributed by atoms with Crippen molar-refractivity contribution in [2.24, 2.45) is 5.92 Å².